The summed E-state index contributed by atoms with van der Waals surface area (Å²) in [7, 11) is 0. The summed E-state index contributed by atoms with van der Waals surface area (Å²) < 4.78 is 0. The molecule has 2 rings (SSSR count). The molecule has 1 nitrogen and oxygen atoms in total. The molecule has 0 saturated heterocycles. The molecule has 0 aliphatic carbocycles. The lowest BCUT2D eigenvalue weighted by atomic mass is 10.2. The Labute approximate surface area is 97.2 Å². The molecule has 0 fully saturated rings. The lowest BCUT2D eigenvalue weighted by Crippen LogP contribution is -1.80. The van der Waals surface area contributed by atoms with Crippen molar-refractivity contribution in [2.24, 2.45) is 0 Å². The van der Waals surface area contributed by atoms with Gasteiger partial charge in [0.2, 0.25) is 0 Å². The standard InChI is InChI=1S/C10H8ClNS2/c11-9-4-2-1-3-8(9)10-12-7(5-13)6-14-10/h1-4,6,13H,5H2. The second kappa shape index (κ2) is 4.34. The summed E-state index contributed by atoms with van der Waals surface area (Å²) in [4.78, 5) is 4.42. The van der Waals surface area contributed by atoms with Crippen LogP contribution in [0.25, 0.3) is 10.6 Å². The molecule has 0 amide bonds. The highest BCUT2D eigenvalue weighted by Gasteiger charge is 2.06. The number of hydrogen-bond donors (Lipinski definition) is 1. The molecule has 1 aromatic carbocycles. The van der Waals surface area contributed by atoms with Gasteiger partial charge in [-0.15, -0.1) is 11.3 Å². The molecule has 0 radical (unpaired) electrons. The maximum absolute atomic E-state index is 6.06. The SMILES string of the molecule is SCc1csc(-c2ccccc2Cl)n1. The summed E-state index contributed by atoms with van der Waals surface area (Å²) in [6, 6.07) is 7.73. The van der Waals surface area contributed by atoms with E-state index in [1.54, 1.807) is 11.3 Å². The molecular weight excluding hydrogens is 234 g/mol. The predicted octanol–water partition coefficient (Wildman–Crippen LogP) is 3.89. The van der Waals surface area contributed by atoms with Crippen molar-refractivity contribution in [2.75, 3.05) is 0 Å². The van der Waals surface area contributed by atoms with Crippen molar-refractivity contribution in [3.63, 3.8) is 0 Å². The van der Waals surface area contributed by atoms with Crippen LogP contribution in [0.2, 0.25) is 5.02 Å². The van der Waals surface area contributed by atoms with Crippen molar-refractivity contribution in [3.05, 3.63) is 40.4 Å². The first kappa shape index (κ1) is 10.0. The molecule has 0 aliphatic rings. The number of aromatic nitrogens is 1. The molecule has 72 valence electrons. The van der Waals surface area contributed by atoms with Crippen LogP contribution in [0.1, 0.15) is 5.69 Å². The summed E-state index contributed by atoms with van der Waals surface area (Å²) in [5.41, 5.74) is 1.99. The smallest absolute Gasteiger partial charge is 0.125 e. The third kappa shape index (κ3) is 1.95. The first-order chi connectivity index (χ1) is 6.81. The van der Waals surface area contributed by atoms with E-state index in [2.05, 4.69) is 17.6 Å². The number of benzene rings is 1. The van der Waals surface area contributed by atoms with Crippen LogP contribution in [-0.4, -0.2) is 4.98 Å². The number of thiol groups is 1. The Bertz CT molecular complexity index is 439. The molecule has 1 aromatic heterocycles. The summed E-state index contributed by atoms with van der Waals surface area (Å²) in [6.07, 6.45) is 0. The maximum Gasteiger partial charge on any atom is 0.125 e. The predicted molar refractivity (Wildman–Crippen MR) is 65.3 cm³/mol. The first-order valence-electron chi connectivity index (χ1n) is 4.11. The monoisotopic (exact) mass is 241 g/mol. The third-order valence-corrected chi connectivity index (χ3v) is 3.40. The first-order valence-corrected chi connectivity index (χ1v) is 6.00. The minimum Gasteiger partial charge on any atom is -0.240 e. The molecule has 2 aromatic rings. The van der Waals surface area contributed by atoms with E-state index < -0.39 is 0 Å². The molecule has 0 N–H and O–H groups in total. The van der Waals surface area contributed by atoms with Gasteiger partial charge in [-0.3, -0.25) is 0 Å². The van der Waals surface area contributed by atoms with E-state index >= 15 is 0 Å². The molecular formula is C10H8ClNS2. The summed E-state index contributed by atoms with van der Waals surface area (Å²) in [5.74, 6) is 0.668. The summed E-state index contributed by atoms with van der Waals surface area (Å²) in [5, 5.41) is 3.71. The minimum absolute atomic E-state index is 0.668. The zero-order valence-corrected chi connectivity index (χ0v) is 9.74. The molecule has 0 aliphatic heterocycles. The van der Waals surface area contributed by atoms with Gasteiger partial charge >= 0.3 is 0 Å². The van der Waals surface area contributed by atoms with Crippen molar-refractivity contribution in [1.82, 2.24) is 4.98 Å². The lowest BCUT2D eigenvalue weighted by molar-refractivity contribution is 1.24. The van der Waals surface area contributed by atoms with Gasteiger partial charge in [0.15, 0.2) is 0 Å². The van der Waals surface area contributed by atoms with E-state index in [1.807, 2.05) is 29.6 Å². The molecule has 0 atom stereocenters. The van der Waals surface area contributed by atoms with Crippen molar-refractivity contribution in [3.8, 4) is 10.6 Å². The Kier molecular flexibility index (Phi) is 3.11. The second-order valence-electron chi connectivity index (χ2n) is 2.78. The number of hydrogen-bond acceptors (Lipinski definition) is 3. The third-order valence-electron chi connectivity index (χ3n) is 1.82. The van der Waals surface area contributed by atoms with Crippen LogP contribution in [0.3, 0.4) is 0 Å². The molecule has 1 heterocycles. The molecule has 4 heteroatoms. The summed E-state index contributed by atoms with van der Waals surface area (Å²) >= 11 is 11.8. The Morgan fingerprint density at radius 3 is 2.79 bits per heavy atom. The molecule has 14 heavy (non-hydrogen) atoms. The van der Waals surface area contributed by atoms with Crippen LogP contribution in [0.4, 0.5) is 0 Å². The Morgan fingerprint density at radius 1 is 1.36 bits per heavy atom. The largest absolute Gasteiger partial charge is 0.240 e. The second-order valence-corrected chi connectivity index (χ2v) is 4.36. The van der Waals surface area contributed by atoms with Crippen molar-refractivity contribution in [1.29, 1.82) is 0 Å². The highest BCUT2D eigenvalue weighted by molar-refractivity contribution is 7.79. The quantitative estimate of drug-likeness (QED) is 0.787. The molecule has 0 bridgehead atoms. The lowest BCUT2D eigenvalue weighted by Gasteiger charge is -1.97. The van der Waals surface area contributed by atoms with E-state index in [9.17, 15) is 0 Å². The molecule has 0 unspecified atom stereocenters. The summed E-state index contributed by atoms with van der Waals surface area (Å²) in [6.45, 7) is 0. The van der Waals surface area contributed by atoms with Gasteiger partial charge in [-0.1, -0.05) is 29.8 Å². The van der Waals surface area contributed by atoms with Gasteiger partial charge in [-0.2, -0.15) is 12.6 Å². The fraction of sp³-hybridized carbons (Fsp3) is 0.100. The molecule has 0 saturated carbocycles. The van der Waals surface area contributed by atoms with Gasteiger partial charge in [-0.05, 0) is 6.07 Å². The van der Waals surface area contributed by atoms with Crippen molar-refractivity contribution >= 4 is 35.6 Å². The van der Waals surface area contributed by atoms with Gasteiger partial charge in [-0.25, -0.2) is 4.98 Å². The number of rotatable bonds is 2. The van der Waals surface area contributed by atoms with Crippen molar-refractivity contribution in [2.45, 2.75) is 5.75 Å². The van der Waals surface area contributed by atoms with Crippen LogP contribution in [0.5, 0.6) is 0 Å². The number of thiazole rings is 1. The highest BCUT2D eigenvalue weighted by atomic mass is 35.5. The van der Waals surface area contributed by atoms with Crippen molar-refractivity contribution < 1.29 is 0 Å². The van der Waals surface area contributed by atoms with E-state index in [0.29, 0.717) is 5.75 Å². The average molecular weight is 242 g/mol. The van der Waals surface area contributed by atoms with Gasteiger partial charge in [0.25, 0.3) is 0 Å². The van der Waals surface area contributed by atoms with Gasteiger partial charge < -0.3 is 0 Å². The zero-order chi connectivity index (χ0) is 9.97. The Balaban J connectivity index is 2.44. The zero-order valence-electron chi connectivity index (χ0n) is 7.27. The fourth-order valence-corrected chi connectivity index (χ4v) is 2.56. The van der Waals surface area contributed by atoms with Gasteiger partial charge in [0, 0.05) is 16.7 Å². The number of nitrogens with zero attached hydrogens (tertiary/aromatic N) is 1. The highest BCUT2D eigenvalue weighted by Crippen LogP contribution is 2.30. The van der Waals surface area contributed by atoms with Crippen LogP contribution >= 0.6 is 35.6 Å². The van der Waals surface area contributed by atoms with E-state index in [0.717, 1.165) is 21.3 Å². The normalized spacial score (nSPS) is 10.4. The Morgan fingerprint density at radius 2 is 2.14 bits per heavy atom. The van der Waals surface area contributed by atoms with Gasteiger partial charge in [0.1, 0.15) is 5.01 Å². The van der Waals surface area contributed by atoms with Crippen LogP contribution in [0.15, 0.2) is 29.6 Å². The van der Waals surface area contributed by atoms with Crippen LogP contribution in [0, 0.1) is 0 Å². The minimum atomic E-state index is 0.668. The van der Waals surface area contributed by atoms with Gasteiger partial charge in [0.05, 0.1) is 10.7 Å². The topological polar surface area (TPSA) is 12.9 Å². The van der Waals surface area contributed by atoms with E-state index in [4.69, 9.17) is 11.6 Å². The number of halogens is 1. The van der Waals surface area contributed by atoms with E-state index in [-0.39, 0.29) is 0 Å². The van der Waals surface area contributed by atoms with Crippen LogP contribution < -0.4 is 0 Å². The van der Waals surface area contributed by atoms with Crippen LogP contribution in [-0.2, 0) is 5.75 Å². The Hall–Kier alpha value is -0.510. The maximum atomic E-state index is 6.06. The average Bonchev–Trinajstić information content (AvgIpc) is 2.67. The fourth-order valence-electron chi connectivity index (χ4n) is 1.14. The molecule has 0 spiro atoms. The van der Waals surface area contributed by atoms with E-state index in [1.165, 1.54) is 0 Å².